The number of nitrogens with zero attached hydrogens (tertiary/aromatic N) is 5. The Kier molecular flexibility index (Phi) is 5.07. The predicted octanol–water partition coefficient (Wildman–Crippen LogP) is 0.0742. The van der Waals surface area contributed by atoms with Crippen LogP contribution in [0.25, 0.3) is 0 Å². The summed E-state index contributed by atoms with van der Waals surface area (Å²) in [6.45, 7) is 10.8. The van der Waals surface area contributed by atoms with E-state index in [-0.39, 0.29) is 5.91 Å². The van der Waals surface area contributed by atoms with E-state index in [4.69, 9.17) is 4.74 Å². The maximum Gasteiger partial charge on any atom is 0.236 e. The molecule has 2 saturated heterocycles. The van der Waals surface area contributed by atoms with Gasteiger partial charge in [-0.15, -0.1) is 0 Å². The Morgan fingerprint density at radius 2 is 1.78 bits per heavy atom. The fourth-order valence-corrected chi connectivity index (χ4v) is 3.10. The molecule has 1 aromatic rings. The standard InChI is InChI=1S/C16H25N5O2/c1-13-11-15(18-14(2)17-13)20-5-3-19(4-6-20)12-16(22)21-7-9-23-10-8-21/h11H,3-10,12H2,1-2H3. The maximum absolute atomic E-state index is 12.3. The van der Waals surface area contributed by atoms with Gasteiger partial charge in [-0.25, -0.2) is 9.97 Å². The molecule has 0 N–H and O–H groups in total. The molecular weight excluding hydrogens is 294 g/mol. The molecule has 0 aliphatic carbocycles. The minimum absolute atomic E-state index is 0.218. The van der Waals surface area contributed by atoms with Crippen LogP contribution in [0, 0.1) is 13.8 Å². The summed E-state index contributed by atoms with van der Waals surface area (Å²) in [5.74, 6) is 2.02. The number of aryl methyl sites for hydroxylation is 2. The molecule has 1 aromatic heterocycles. The second kappa shape index (κ2) is 7.23. The fraction of sp³-hybridized carbons (Fsp3) is 0.688. The molecule has 0 aromatic carbocycles. The van der Waals surface area contributed by atoms with Gasteiger partial charge in [0.1, 0.15) is 11.6 Å². The minimum Gasteiger partial charge on any atom is -0.378 e. The van der Waals surface area contributed by atoms with Gasteiger partial charge in [-0.2, -0.15) is 0 Å². The molecule has 1 amide bonds. The summed E-state index contributed by atoms with van der Waals surface area (Å²) < 4.78 is 5.30. The third-order valence-electron chi connectivity index (χ3n) is 4.37. The highest BCUT2D eigenvalue weighted by atomic mass is 16.5. The number of piperazine rings is 1. The molecule has 0 saturated carbocycles. The minimum atomic E-state index is 0.218. The van der Waals surface area contributed by atoms with Gasteiger partial charge in [-0.05, 0) is 13.8 Å². The van der Waals surface area contributed by atoms with Crippen LogP contribution in [0.4, 0.5) is 5.82 Å². The highest BCUT2D eigenvalue weighted by Gasteiger charge is 2.23. The summed E-state index contributed by atoms with van der Waals surface area (Å²) in [7, 11) is 0. The van der Waals surface area contributed by atoms with E-state index in [0.29, 0.717) is 19.8 Å². The number of hydrogen-bond donors (Lipinski definition) is 0. The predicted molar refractivity (Wildman–Crippen MR) is 87.6 cm³/mol. The van der Waals surface area contributed by atoms with Crippen LogP contribution in [0.1, 0.15) is 11.5 Å². The summed E-state index contributed by atoms with van der Waals surface area (Å²) in [5, 5.41) is 0. The van der Waals surface area contributed by atoms with Crippen molar-refractivity contribution in [2.75, 3.05) is 63.9 Å². The van der Waals surface area contributed by atoms with Crippen LogP contribution in [-0.2, 0) is 9.53 Å². The van der Waals surface area contributed by atoms with Gasteiger partial charge >= 0.3 is 0 Å². The van der Waals surface area contributed by atoms with Crippen molar-refractivity contribution in [3.63, 3.8) is 0 Å². The number of carbonyl (C=O) groups is 1. The third kappa shape index (κ3) is 4.17. The first-order valence-electron chi connectivity index (χ1n) is 8.27. The van der Waals surface area contributed by atoms with Crippen molar-refractivity contribution in [1.29, 1.82) is 0 Å². The van der Waals surface area contributed by atoms with E-state index in [1.165, 1.54) is 0 Å². The lowest BCUT2D eigenvalue weighted by Crippen LogP contribution is -2.51. The normalized spacial score (nSPS) is 19.9. The average Bonchev–Trinajstić information content (AvgIpc) is 2.55. The molecule has 0 atom stereocenters. The van der Waals surface area contributed by atoms with Crippen molar-refractivity contribution in [3.8, 4) is 0 Å². The first kappa shape index (κ1) is 16.1. The fourth-order valence-electron chi connectivity index (χ4n) is 3.10. The van der Waals surface area contributed by atoms with E-state index >= 15 is 0 Å². The smallest absolute Gasteiger partial charge is 0.236 e. The Hall–Kier alpha value is -1.73. The number of morpholine rings is 1. The van der Waals surface area contributed by atoms with Crippen molar-refractivity contribution < 1.29 is 9.53 Å². The molecule has 3 rings (SSSR count). The number of aromatic nitrogens is 2. The van der Waals surface area contributed by atoms with Gasteiger partial charge in [0, 0.05) is 51.0 Å². The lowest BCUT2D eigenvalue weighted by Gasteiger charge is -2.36. The second-order valence-electron chi connectivity index (χ2n) is 6.17. The van der Waals surface area contributed by atoms with E-state index in [2.05, 4.69) is 19.8 Å². The molecule has 2 fully saturated rings. The summed E-state index contributed by atoms with van der Waals surface area (Å²) in [5.41, 5.74) is 0.998. The number of amides is 1. The molecular formula is C16H25N5O2. The summed E-state index contributed by atoms with van der Waals surface area (Å²) in [4.78, 5) is 27.6. The number of carbonyl (C=O) groups excluding carboxylic acids is 1. The van der Waals surface area contributed by atoms with Crippen molar-refractivity contribution in [2.45, 2.75) is 13.8 Å². The third-order valence-corrected chi connectivity index (χ3v) is 4.37. The molecule has 7 heteroatoms. The number of hydrogen-bond acceptors (Lipinski definition) is 6. The van der Waals surface area contributed by atoms with Crippen molar-refractivity contribution in [3.05, 3.63) is 17.6 Å². The van der Waals surface area contributed by atoms with Crippen molar-refractivity contribution >= 4 is 11.7 Å². The Balaban J connectivity index is 1.51. The van der Waals surface area contributed by atoms with Crippen LogP contribution in [0.2, 0.25) is 0 Å². The second-order valence-corrected chi connectivity index (χ2v) is 6.17. The van der Waals surface area contributed by atoms with Gasteiger partial charge in [0.15, 0.2) is 0 Å². The van der Waals surface area contributed by atoms with Crippen LogP contribution in [-0.4, -0.2) is 84.7 Å². The molecule has 0 unspecified atom stereocenters. The summed E-state index contributed by atoms with van der Waals surface area (Å²) >= 11 is 0. The zero-order chi connectivity index (χ0) is 16.2. The van der Waals surface area contributed by atoms with Crippen LogP contribution in [0.3, 0.4) is 0 Å². The number of ether oxygens (including phenoxy) is 1. The summed E-state index contributed by atoms with van der Waals surface area (Å²) in [6.07, 6.45) is 0. The van der Waals surface area contributed by atoms with Crippen molar-refractivity contribution in [1.82, 2.24) is 19.8 Å². The van der Waals surface area contributed by atoms with Gasteiger partial charge in [-0.3, -0.25) is 9.69 Å². The maximum atomic E-state index is 12.3. The van der Waals surface area contributed by atoms with E-state index in [1.54, 1.807) is 0 Å². The molecule has 0 radical (unpaired) electrons. The monoisotopic (exact) mass is 319 g/mol. The van der Waals surface area contributed by atoms with Gasteiger partial charge in [-0.1, -0.05) is 0 Å². The zero-order valence-electron chi connectivity index (χ0n) is 14.0. The molecule has 3 heterocycles. The molecule has 23 heavy (non-hydrogen) atoms. The molecule has 0 spiro atoms. The Bertz CT molecular complexity index is 531. The average molecular weight is 319 g/mol. The van der Waals surface area contributed by atoms with E-state index in [1.807, 2.05) is 24.8 Å². The van der Waals surface area contributed by atoms with Gasteiger partial charge in [0.25, 0.3) is 0 Å². The summed E-state index contributed by atoms with van der Waals surface area (Å²) in [6, 6.07) is 2.03. The van der Waals surface area contributed by atoms with Crippen LogP contribution in [0.15, 0.2) is 6.07 Å². The van der Waals surface area contributed by atoms with Gasteiger partial charge in [0.05, 0.1) is 19.8 Å². The van der Waals surface area contributed by atoms with Crippen LogP contribution >= 0.6 is 0 Å². The Morgan fingerprint density at radius 3 is 2.43 bits per heavy atom. The first-order valence-corrected chi connectivity index (χ1v) is 8.27. The Morgan fingerprint density at radius 1 is 1.09 bits per heavy atom. The van der Waals surface area contributed by atoms with Crippen molar-refractivity contribution in [2.24, 2.45) is 0 Å². The number of anilines is 1. The zero-order valence-corrected chi connectivity index (χ0v) is 14.0. The lowest BCUT2D eigenvalue weighted by molar-refractivity contribution is -0.136. The quantitative estimate of drug-likeness (QED) is 0.786. The molecule has 0 bridgehead atoms. The molecule has 7 nitrogen and oxygen atoms in total. The van der Waals surface area contributed by atoms with E-state index in [9.17, 15) is 4.79 Å². The SMILES string of the molecule is Cc1cc(N2CCN(CC(=O)N3CCOCC3)CC2)nc(C)n1. The molecule has 2 aliphatic rings. The number of rotatable bonds is 3. The van der Waals surface area contributed by atoms with Gasteiger partial charge in [0.2, 0.25) is 5.91 Å². The highest BCUT2D eigenvalue weighted by molar-refractivity contribution is 5.78. The Labute approximate surface area is 137 Å². The van der Waals surface area contributed by atoms with Crippen LogP contribution < -0.4 is 4.90 Å². The topological polar surface area (TPSA) is 61.8 Å². The van der Waals surface area contributed by atoms with Crippen LogP contribution in [0.5, 0.6) is 0 Å². The first-order chi connectivity index (χ1) is 11.1. The molecule has 126 valence electrons. The van der Waals surface area contributed by atoms with Gasteiger partial charge < -0.3 is 14.5 Å². The molecule has 2 aliphatic heterocycles. The highest BCUT2D eigenvalue weighted by Crippen LogP contribution is 2.15. The van der Waals surface area contributed by atoms with E-state index < -0.39 is 0 Å². The van der Waals surface area contributed by atoms with E-state index in [0.717, 1.165) is 56.6 Å². The largest absolute Gasteiger partial charge is 0.378 e. The lowest BCUT2D eigenvalue weighted by atomic mass is 10.3.